The lowest BCUT2D eigenvalue weighted by Gasteiger charge is -2.15. The summed E-state index contributed by atoms with van der Waals surface area (Å²) in [6.07, 6.45) is 0.174. The molecule has 1 aliphatic rings. The number of amides is 2. The number of rotatable bonds is 4. The van der Waals surface area contributed by atoms with Crippen LogP contribution < -0.4 is 5.32 Å². The van der Waals surface area contributed by atoms with Gasteiger partial charge < -0.3 is 10.2 Å². The van der Waals surface area contributed by atoms with E-state index in [2.05, 4.69) is 5.32 Å². The van der Waals surface area contributed by atoms with Crippen molar-refractivity contribution < 1.29 is 9.59 Å². The zero-order valence-electron chi connectivity index (χ0n) is 12.6. The Morgan fingerprint density at radius 3 is 2.26 bits per heavy atom. The van der Waals surface area contributed by atoms with Crippen molar-refractivity contribution in [1.82, 2.24) is 10.2 Å². The van der Waals surface area contributed by atoms with Crippen molar-refractivity contribution in [2.45, 2.75) is 19.5 Å². The minimum Gasteiger partial charge on any atom is -0.347 e. The van der Waals surface area contributed by atoms with Crippen LogP contribution in [-0.2, 0) is 29.1 Å². The standard InChI is InChI=1S/C18H17ClN2O2/c19-16-8-4-3-5-13(16)9-17(22)20-10-18(23)21-11-14-6-1-2-7-15(14)12-21/h1-8H,9-12H2,(H,20,22). The van der Waals surface area contributed by atoms with Gasteiger partial charge in [-0.2, -0.15) is 0 Å². The van der Waals surface area contributed by atoms with Gasteiger partial charge in [-0.3, -0.25) is 9.59 Å². The molecule has 23 heavy (non-hydrogen) atoms. The number of carbonyl (C=O) groups is 2. The molecule has 0 aliphatic carbocycles. The maximum absolute atomic E-state index is 12.2. The van der Waals surface area contributed by atoms with Crippen LogP contribution in [0.25, 0.3) is 0 Å². The summed E-state index contributed by atoms with van der Waals surface area (Å²) in [6.45, 7) is 1.22. The van der Waals surface area contributed by atoms with Crippen LogP contribution in [0.3, 0.4) is 0 Å². The second-order valence-corrected chi connectivity index (χ2v) is 5.97. The van der Waals surface area contributed by atoms with Crippen molar-refractivity contribution in [2.75, 3.05) is 6.54 Å². The summed E-state index contributed by atoms with van der Waals surface area (Å²) in [5.41, 5.74) is 3.10. The lowest BCUT2D eigenvalue weighted by Crippen LogP contribution is -2.38. The Bertz CT molecular complexity index is 720. The molecule has 2 amide bonds. The lowest BCUT2D eigenvalue weighted by atomic mass is 10.1. The van der Waals surface area contributed by atoms with E-state index in [-0.39, 0.29) is 24.8 Å². The first-order chi connectivity index (χ1) is 11.1. The highest BCUT2D eigenvalue weighted by molar-refractivity contribution is 6.31. The minimum atomic E-state index is -0.205. The van der Waals surface area contributed by atoms with Crippen LogP contribution in [-0.4, -0.2) is 23.3 Å². The Morgan fingerprint density at radius 2 is 1.61 bits per heavy atom. The summed E-state index contributed by atoms with van der Waals surface area (Å²) in [7, 11) is 0. The topological polar surface area (TPSA) is 49.4 Å². The van der Waals surface area contributed by atoms with E-state index < -0.39 is 0 Å². The predicted molar refractivity (Wildman–Crippen MR) is 88.9 cm³/mol. The van der Waals surface area contributed by atoms with Crippen molar-refractivity contribution >= 4 is 23.4 Å². The molecule has 0 fully saturated rings. The maximum Gasteiger partial charge on any atom is 0.242 e. The Balaban J connectivity index is 1.50. The molecule has 2 aromatic carbocycles. The third-order valence-corrected chi connectivity index (χ3v) is 4.31. The van der Waals surface area contributed by atoms with Crippen LogP contribution in [0.1, 0.15) is 16.7 Å². The normalized spacial score (nSPS) is 12.8. The molecule has 0 saturated heterocycles. The van der Waals surface area contributed by atoms with Gasteiger partial charge in [-0.05, 0) is 22.8 Å². The summed E-state index contributed by atoms with van der Waals surface area (Å²) in [5.74, 6) is -0.281. The average molecular weight is 329 g/mol. The molecule has 0 aromatic heterocycles. The van der Waals surface area contributed by atoms with E-state index in [1.54, 1.807) is 17.0 Å². The van der Waals surface area contributed by atoms with Crippen molar-refractivity contribution in [1.29, 1.82) is 0 Å². The second-order valence-electron chi connectivity index (χ2n) is 5.56. The largest absolute Gasteiger partial charge is 0.347 e. The monoisotopic (exact) mass is 328 g/mol. The van der Waals surface area contributed by atoms with Crippen LogP contribution in [0, 0.1) is 0 Å². The average Bonchev–Trinajstić information content (AvgIpc) is 2.99. The van der Waals surface area contributed by atoms with E-state index in [1.807, 2.05) is 36.4 Å². The van der Waals surface area contributed by atoms with Crippen LogP contribution in [0.4, 0.5) is 0 Å². The molecule has 2 aromatic rings. The molecular formula is C18H17ClN2O2. The number of nitrogens with one attached hydrogen (secondary N) is 1. The second kappa shape index (κ2) is 6.84. The third kappa shape index (κ3) is 3.71. The SMILES string of the molecule is O=C(Cc1ccccc1Cl)NCC(=O)N1Cc2ccccc2C1. The highest BCUT2D eigenvalue weighted by Gasteiger charge is 2.22. The summed E-state index contributed by atoms with van der Waals surface area (Å²) in [6, 6.07) is 15.2. The van der Waals surface area contributed by atoms with E-state index in [0.29, 0.717) is 18.1 Å². The molecule has 0 unspecified atom stereocenters. The summed E-state index contributed by atoms with van der Waals surface area (Å²) in [4.78, 5) is 25.9. The summed E-state index contributed by atoms with van der Waals surface area (Å²) >= 11 is 6.03. The van der Waals surface area contributed by atoms with Crippen LogP contribution >= 0.6 is 11.6 Å². The Hall–Kier alpha value is -2.33. The molecule has 1 aliphatic heterocycles. The predicted octanol–water partition coefficient (Wildman–Crippen LogP) is 2.54. The molecule has 0 bridgehead atoms. The van der Waals surface area contributed by atoms with E-state index in [1.165, 1.54) is 11.1 Å². The van der Waals surface area contributed by atoms with Gasteiger partial charge in [0.2, 0.25) is 11.8 Å². The molecule has 4 nitrogen and oxygen atoms in total. The molecule has 0 atom stereocenters. The fraction of sp³-hybridized carbons (Fsp3) is 0.222. The molecule has 3 rings (SSSR count). The van der Waals surface area contributed by atoms with Gasteiger partial charge in [0, 0.05) is 18.1 Å². The van der Waals surface area contributed by atoms with Gasteiger partial charge in [0.15, 0.2) is 0 Å². The third-order valence-electron chi connectivity index (χ3n) is 3.94. The van der Waals surface area contributed by atoms with Crippen molar-refractivity contribution in [3.63, 3.8) is 0 Å². The number of benzene rings is 2. The molecule has 5 heteroatoms. The van der Waals surface area contributed by atoms with Crippen molar-refractivity contribution in [3.8, 4) is 0 Å². The van der Waals surface area contributed by atoms with Crippen LogP contribution in [0.2, 0.25) is 5.02 Å². The number of halogens is 1. The van der Waals surface area contributed by atoms with Crippen LogP contribution in [0.15, 0.2) is 48.5 Å². The molecule has 0 spiro atoms. The lowest BCUT2D eigenvalue weighted by molar-refractivity contribution is -0.133. The molecule has 118 valence electrons. The van der Waals surface area contributed by atoms with Gasteiger partial charge >= 0.3 is 0 Å². The quantitative estimate of drug-likeness (QED) is 0.937. The van der Waals surface area contributed by atoms with Crippen LogP contribution in [0.5, 0.6) is 0 Å². The van der Waals surface area contributed by atoms with Crippen molar-refractivity contribution in [3.05, 3.63) is 70.2 Å². The molecule has 1 N–H and O–H groups in total. The van der Waals surface area contributed by atoms with E-state index in [0.717, 1.165) is 5.56 Å². The van der Waals surface area contributed by atoms with E-state index in [9.17, 15) is 9.59 Å². The number of carbonyl (C=O) groups excluding carboxylic acids is 2. The zero-order valence-corrected chi connectivity index (χ0v) is 13.3. The van der Waals surface area contributed by atoms with Gasteiger partial charge in [0.25, 0.3) is 0 Å². The number of hydrogen-bond acceptors (Lipinski definition) is 2. The molecule has 1 heterocycles. The molecule has 0 saturated carbocycles. The number of nitrogens with zero attached hydrogens (tertiary/aromatic N) is 1. The fourth-order valence-electron chi connectivity index (χ4n) is 2.67. The maximum atomic E-state index is 12.2. The Morgan fingerprint density at radius 1 is 1.00 bits per heavy atom. The molecule has 0 radical (unpaired) electrons. The highest BCUT2D eigenvalue weighted by atomic mass is 35.5. The summed E-state index contributed by atoms with van der Waals surface area (Å²) < 4.78 is 0. The fourth-order valence-corrected chi connectivity index (χ4v) is 2.88. The number of hydrogen-bond donors (Lipinski definition) is 1. The molecular weight excluding hydrogens is 312 g/mol. The van der Waals surface area contributed by atoms with Gasteiger partial charge in [-0.15, -0.1) is 0 Å². The first-order valence-electron chi connectivity index (χ1n) is 7.48. The van der Waals surface area contributed by atoms with E-state index >= 15 is 0 Å². The van der Waals surface area contributed by atoms with Crippen molar-refractivity contribution in [2.24, 2.45) is 0 Å². The van der Waals surface area contributed by atoms with Gasteiger partial charge in [0.05, 0.1) is 13.0 Å². The minimum absolute atomic E-state index is 0.0112. The van der Waals surface area contributed by atoms with Gasteiger partial charge in [-0.25, -0.2) is 0 Å². The smallest absolute Gasteiger partial charge is 0.242 e. The first-order valence-corrected chi connectivity index (χ1v) is 7.86. The van der Waals surface area contributed by atoms with E-state index in [4.69, 9.17) is 11.6 Å². The zero-order chi connectivity index (χ0) is 16.2. The summed E-state index contributed by atoms with van der Waals surface area (Å²) in [5, 5.41) is 3.23. The number of fused-ring (bicyclic) bond motifs is 1. The first kappa shape index (κ1) is 15.6. The van der Waals surface area contributed by atoms with Gasteiger partial charge in [-0.1, -0.05) is 54.1 Å². The highest BCUT2D eigenvalue weighted by Crippen LogP contribution is 2.21. The Labute approximate surface area is 140 Å². The van der Waals surface area contributed by atoms with Gasteiger partial charge in [0.1, 0.15) is 0 Å². The Kier molecular flexibility index (Phi) is 4.63.